The average molecular weight is 326 g/mol. The lowest BCUT2D eigenvalue weighted by Gasteiger charge is -2.15. The molecule has 1 aromatic rings. The highest BCUT2D eigenvalue weighted by Gasteiger charge is 2.09. The summed E-state index contributed by atoms with van der Waals surface area (Å²) in [6.07, 6.45) is 4.41. The highest BCUT2D eigenvalue weighted by atomic mass is 35.5. The van der Waals surface area contributed by atoms with Gasteiger partial charge in [0.25, 0.3) is 0 Å². The smallest absolute Gasteiger partial charge is 0.319 e. The fourth-order valence-electron chi connectivity index (χ4n) is 2.05. The number of nitrogens with one attached hydrogen (secondary N) is 3. The van der Waals surface area contributed by atoms with E-state index in [2.05, 4.69) is 22.9 Å². The van der Waals surface area contributed by atoms with Gasteiger partial charge in [0.1, 0.15) is 0 Å². The number of unbranched alkanes of at least 4 members (excludes halogenated alkanes) is 2. The van der Waals surface area contributed by atoms with Gasteiger partial charge in [-0.25, -0.2) is 4.79 Å². The maximum atomic E-state index is 11.9. The average Bonchev–Trinajstić information content (AvgIpc) is 2.41. The first-order valence-corrected chi connectivity index (χ1v) is 7.94. The van der Waals surface area contributed by atoms with Gasteiger partial charge in [0, 0.05) is 18.7 Å². The SMILES string of the molecule is CCCCCC(C)NC(=O)Nc1ccc(NC(C)=O)c(Cl)c1. The van der Waals surface area contributed by atoms with Crippen LogP contribution in [0.1, 0.15) is 46.5 Å². The molecule has 5 nitrogen and oxygen atoms in total. The Morgan fingerprint density at radius 3 is 2.55 bits per heavy atom. The second-order valence-corrected chi connectivity index (χ2v) is 5.78. The minimum atomic E-state index is -0.257. The van der Waals surface area contributed by atoms with Gasteiger partial charge in [-0.3, -0.25) is 4.79 Å². The van der Waals surface area contributed by atoms with Gasteiger partial charge in [-0.05, 0) is 31.5 Å². The molecule has 1 unspecified atom stereocenters. The topological polar surface area (TPSA) is 70.2 Å². The molecule has 0 radical (unpaired) electrons. The molecule has 1 atom stereocenters. The van der Waals surface area contributed by atoms with Gasteiger partial charge in [0.15, 0.2) is 0 Å². The van der Waals surface area contributed by atoms with Crippen LogP contribution in [0.4, 0.5) is 16.2 Å². The molecular weight excluding hydrogens is 302 g/mol. The zero-order valence-electron chi connectivity index (χ0n) is 13.3. The Morgan fingerprint density at radius 1 is 1.23 bits per heavy atom. The van der Waals surface area contributed by atoms with E-state index in [4.69, 9.17) is 11.6 Å². The molecule has 3 N–H and O–H groups in total. The lowest BCUT2D eigenvalue weighted by Crippen LogP contribution is -2.36. The van der Waals surface area contributed by atoms with Crippen LogP contribution in [-0.4, -0.2) is 18.0 Å². The molecule has 0 spiro atoms. The largest absolute Gasteiger partial charge is 0.335 e. The summed E-state index contributed by atoms with van der Waals surface area (Å²) in [5.74, 6) is -0.193. The van der Waals surface area contributed by atoms with Gasteiger partial charge in [-0.1, -0.05) is 37.8 Å². The van der Waals surface area contributed by atoms with Gasteiger partial charge >= 0.3 is 6.03 Å². The summed E-state index contributed by atoms with van der Waals surface area (Å²) in [7, 11) is 0. The zero-order chi connectivity index (χ0) is 16.5. The molecule has 0 fully saturated rings. The summed E-state index contributed by atoms with van der Waals surface area (Å²) in [5, 5.41) is 8.62. The van der Waals surface area contributed by atoms with Crippen LogP contribution in [0.3, 0.4) is 0 Å². The van der Waals surface area contributed by atoms with Gasteiger partial charge in [0.2, 0.25) is 5.91 Å². The lowest BCUT2D eigenvalue weighted by atomic mass is 10.1. The van der Waals surface area contributed by atoms with Gasteiger partial charge in [0.05, 0.1) is 10.7 Å². The van der Waals surface area contributed by atoms with E-state index in [1.165, 1.54) is 13.3 Å². The number of hydrogen-bond acceptors (Lipinski definition) is 2. The Balaban J connectivity index is 2.50. The molecule has 3 amide bonds. The van der Waals surface area contributed by atoms with Crippen LogP contribution < -0.4 is 16.0 Å². The summed E-state index contributed by atoms with van der Waals surface area (Å²) in [6, 6.07) is 4.82. The van der Waals surface area contributed by atoms with Crippen LogP contribution in [-0.2, 0) is 4.79 Å². The number of rotatable bonds is 7. The normalized spacial score (nSPS) is 11.6. The molecule has 0 aromatic heterocycles. The summed E-state index contributed by atoms with van der Waals surface area (Å²) >= 11 is 6.06. The van der Waals surface area contributed by atoms with E-state index < -0.39 is 0 Å². The zero-order valence-corrected chi connectivity index (χ0v) is 14.1. The molecular formula is C16H24ClN3O2. The molecule has 0 aliphatic heterocycles. The van der Waals surface area contributed by atoms with E-state index in [0.717, 1.165) is 19.3 Å². The first-order valence-electron chi connectivity index (χ1n) is 7.57. The maximum absolute atomic E-state index is 11.9. The van der Waals surface area contributed by atoms with Crippen LogP contribution in [0, 0.1) is 0 Å². The summed E-state index contributed by atoms with van der Waals surface area (Å²) in [4.78, 5) is 22.9. The third-order valence-corrected chi connectivity index (χ3v) is 3.47. The molecule has 122 valence electrons. The first-order chi connectivity index (χ1) is 10.4. The highest BCUT2D eigenvalue weighted by Crippen LogP contribution is 2.25. The number of anilines is 2. The predicted octanol–water partition coefficient (Wildman–Crippen LogP) is 4.39. The van der Waals surface area contributed by atoms with E-state index in [0.29, 0.717) is 16.4 Å². The van der Waals surface area contributed by atoms with Crippen molar-refractivity contribution in [3.05, 3.63) is 23.2 Å². The number of halogens is 1. The van der Waals surface area contributed by atoms with Crippen molar-refractivity contribution >= 4 is 34.9 Å². The molecule has 6 heteroatoms. The number of urea groups is 1. The Hall–Kier alpha value is -1.75. The fraction of sp³-hybridized carbons (Fsp3) is 0.500. The predicted molar refractivity (Wildman–Crippen MR) is 91.5 cm³/mol. The summed E-state index contributed by atoms with van der Waals surface area (Å²) < 4.78 is 0. The van der Waals surface area contributed by atoms with Crippen LogP contribution in [0.2, 0.25) is 5.02 Å². The second-order valence-electron chi connectivity index (χ2n) is 5.37. The van der Waals surface area contributed by atoms with Crippen LogP contribution in [0.25, 0.3) is 0 Å². The molecule has 0 aliphatic carbocycles. The van der Waals surface area contributed by atoms with E-state index in [9.17, 15) is 9.59 Å². The minimum Gasteiger partial charge on any atom is -0.335 e. The van der Waals surface area contributed by atoms with Crippen molar-refractivity contribution < 1.29 is 9.59 Å². The molecule has 0 aliphatic rings. The van der Waals surface area contributed by atoms with Crippen molar-refractivity contribution in [2.45, 2.75) is 52.5 Å². The van der Waals surface area contributed by atoms with E-state index in [-0.39, 0.29) is 18.0 Å². The number of carbonyl (C=O) groups excluding carboxylic acids is 2. The quantitative estimate of drug-likeness (QED) is 0.651. The van der Waals surface area contributed by atoms with E-state index in [1.807, 2.05) is 6.92 Å². The van der Waals surface area contributed by atoms with Gasteiger partial charge in [-0.2, -0.15) is 0 Å². The minimum absolute atomic E-state index is 0.126. The summed E-state index contributed by atoms with van der Waals surface area (Å²) in [5.41, 5.74) is 1.10. The molecule has 0 heterocycles. The second kappa shape index (κ2) is 9.30. The number of hydrogen-bond donors (Lipinski definition) is 3. The fourth-order valence-corrected chi connectivity index (χ4v) is 2.28. The van der Waals surface area contributed by atoms with Crippen LogP contribution in [0.15, 0.2) is 18.2 Å². The molecule has 0 bridgehead atoms. The maximum Gasteiger partial charge on any atom is 0.319 e. The van der Waals surface area contributed by atoms with Crippen molar-refractivity contribution in [1.82, 2.24) is 5.32 Å². The molecule has 22 heavy (non-hydrogen) atoms. The van der Waals surface area contributed by atoms with Gasteiger partial charge < -0.3 is 16.0 Å². The molecule has 1 rings (SSSR count). The first kappa shape index (κ1) is 18.3. The van der Waals surface area contributed by atoms with Gasteiger partial charge in [-0.15, -0.1) is 0 Å². The van der Waals surface area contributed by atoms with Crippen molar-refractivity contribution in [2.24, 2.45) is 0 Å². The standard InChI is InChI=1S/C16H24ClN3O2/c1-4-5-6-7-11(2)18-16(22)20-13-8-9-15(14(17)10-13)19-12(3)21/h8-11H,4-7H2,1-3H3,(H,19,21)(H2,18,20,22). The Labute approximate surface area is 136 Å². The van der Waals surface area contributed by atoms with Crippen molar-refractivity contribution in [2.75, 3.05) is 10.6 Å². The van der Waals surface area contributed by atoms with Crippen LogP contribution in [0.5, 0.6) is 0 Å². The monoisotopic (exact) mass is 325 g/mol. The number of benzene rings is 1. The number of carbonyl (C=O) groups is 2. The van der Waals surface area contributed by atoms with E-state index >= 15 is 0 Å². The van der Waals surface area contributed by atoms with Crippen molar-refractivity contribution in [1.29, 1.82) is 0 Å². The Morgan fingerprint density at radius 2 is 1.95 bits per heavy atom. The molecule has 0 saturated heterocycles. The Kier molecular flexibility index (Phi) is 7.74. The van der Waals surface area contributed by atoms with Crippen LogP contribution >= 0.6 is 11.6 Å². The third-order valence-electron chi connectivity index (χ3n) is 3.16. The lowest BCUT2D eigenvalue weighted by molar-refractivity contribution is -0.114. The van der Waals surface area contributed by atoms with Crippen molar-refractivity contribution in [3.63, 3.8) is 0 Å². The summed E-state index contributed by atoms with van der Waals surface area (Å²) in [6.45, 7) is 5.55. The molecule has 1 aromatic carbocycles. The van der Waals surface area contributed by atoms with Crippen molar-refractivity contribution in [3.8, 4) is 0 Å². The number of amides is 3. The Bertz CT molecular complexity index is 520. The molecule has 0 saturated carbocycles. The third kappa shape index (κ3) is 6.80. The van der Waals surface area contributed by atoms with E-state index in [1.54, 1.807) is 18.2 Å². The highest BCUT2D eigenvalue weighted by molar-refractivity contribution is 6.34.